The molecule has 0 aliphatic heterocycles. The highest BCUT2D eigenvalue weighted by Gasteiger charge is 2.14. The Labute approximate surface area is 182 Å². The van der Waals surface area contributed by atoms with Gasteiger partial charge in [0.15, 0.2) is 8.38 Å². The lowest BCUT2D eigenvalue weighted by atomic mass is 9.96. The Hall–Kier alpha value is -0.430. The van der Waals surface area contributed by atoms with E-state index in [2.05, 4.69) is 19.9 Å². The largest absolute Gasteiger partial charge is 0.347 e. The average Bonchev–Trinajstić information content (AvgIpc) is 2.72. The summed E-state index contributed by atoms with van der Waals surface area (Å²) in [7, 11) is -2.00. The van der Waals surface area contributed by atoms with Crippen molar-refractivity contribution < 1.29 is 9.79 Å². The summed E-state index contributed by atoms with van der Waals surface area (Å²) < 4.78 is 0. The van der Waals surface area contributed by atoms with Crippen molar-refractivity contribution in [1.29, 1.82) is 0 Å². The van der Waals surface area contributed by atoms with E-state index in [1.54, 1.807) is 0 Å². The Balaban J connectivity index is 2.38. The summed E-state index contributed by atoms with van der Waals surface area (Å²) in [6.07, 6.45) is 23.3. The fraction of sp³-hybridized carbons (Fsp3) is 0.769. The molecule has 2 nitrogen and oxygen atoms in total. The van der Waals surface area contributed by atoms with E-state index in [0.717, 1.165) is 18.1 Å². The summed E-state index contributed by atoms with van der Waals surface area (Å²) >= 11 is 0. The number of hydrogen-bond donors (Lipinski definition) is 2. The van der Waals surface area contributed by atoms with Crippen molar-refractivity contribution >= 4 is 13.7 Å². The van der Waals surface area contributed by atoms with E-state index >= 15 is 0 Å². The number of hydrogen-bond acceptors (Lipinski definition) is 2. The molecule has 0 aliphatic carbocycles. The van der Waals surface area contributed by atoms with Gasteiger partial charge in [-0.2, -0.15) is 0 Å². The Morgan fingerprint density at radius 1 is 0.586 bits per heavy atom. The first-order chi connectivity index (χ1) is 14.2. The molecular weight excluding hydrogens is 375 g/mol. The van der Waals surface area contributed by atoms with Crippen LogP contribution >= 0.6 is 8.38 Å². The van der Waals surface area contributed by atoms with Crippen molar-refractivity contribution in [3.8, 4) is 0 Å². The molecule has 1 aromatic rings. The number of aryl methyl sites for hydroxylation is 1. The van der Waals surface area contributed by atoms with Crippen molar-refractivity contribution in [1.82, 2.24) is 0 Å². The van der Waals surface area contributed by atoms with Gasteiger partial charge < -0.3 is 9.79 Å². The van der Waals surface area contributed by atoms with Crippen LogP contribution in [0, 0.1) is 0 Å². The zero-order valence-electron chi connectivity index (χ0n) is 19.3. The summed E-state index contributed by atoms with van der Waals surface area (Å²) in [4.78, 5) is 19.8. The van der Waals surface area contributed by atoms with Crippen molar-refractivity contribution in [2.24, 2.45) is 0 Å². The van der Waals surface area contributed by atoms with Gasteiger partial charge in [0.2, 0.25) is 0 Å². The Kier molecular flexibility index (Phi) is 16.8. The molecule has 1 aromatic carbocycles. The summed E-state index contributed by atoms with van der Waals surface area (Å²) in [5, 5.41) is 0.792. The van der Waals surface area contributed by atoms with Crippen molar-refractivity contribution in [3.05, 3.63) is 29.3 Å². The Morgan fingerprint density at radius 3 is 1.52 bits per heavy atom. The molecule has 0 bridgehead atoms. The molecule has 0 atom stereocenters. The van der Waals surface area contributed by atoms with Crippen LogP contribution in [0.4, 0.5) is 0 Å². The van der Waals surface area contributed by atoms with Crippen LogP contribution in [0.2, 0.25) is 0 Å². The van der Waals surface area contributed by atoms with Gasteiger partial charge >= 0.3 is 0 Å². The molecule has 0 saturated heterocycles. The molecule has 0 saturated carbocycles. The van der Waals surface area contributed by atoms with Crippen LogP contribution in [0.5, 0.6) is 0 Å². The van der Waals surface area contributed by atoms with E-state index in [1.807, 2.05) is 12.1 Å². The minimum atomic E-state index is -2.00. The number of unbranched alkanes of at least 4 members (excludes halogenated alkanes) is 14. The molecule has 168 valence electrons. The van der Waals surface area contributed by atoms with Crippen LogP contribution < -0.4 is 5.30 Å². The fourth-order valence-corrected chi connectivity index (χ4v) is 4.93. The predicted octanol–water partition coefficient (Wildman–Crippen LogP) is 7.97. The molecule has 0 heterocycles. The lowest BCUT2D eigenvalue weighted by Gasteiger charge is -2.16. The maximum atomic E-state index is 9.88. The lowest BCUT2D eigenvalue weighted by Crippen LogP contribution is -2.12. The van der Waals surface area contributed by atoms with Crippen LogP contribution in [0.1, 0.15) is 128 Å². The maximum Gasteiger partial charge on any atom is 0.199 e. The van der Waals surface area contributed by atoms with Gasteiger partial charge in [0.1, 0.15) is 0 Å². The van der Waals surface area contributed by atoms with Crippen molar-refractivity contribution in [2.45, 2.75) is 129 Å². The first kappa shape index (κ1) is 26.6. The van der Waals surface area contributed by atoms with Gasteiger partial charge in [0, 0.05) is 5.30 Å². The minimum Gasteiger partial charge on any atom is -0.347 e. The molecule has 0 fully saturated rings. The normalized spacial score (nSPS) is 11.5. The van der Waals surface area contributed by atoms with E-state index in [4.69, 9.17) is 0 Å². The summed E-state index contributed by atoms with van der Waals surface area (Å²) in [5.41, 5.74) is 2.59. The number of benzene rings is 1. The van der Waals surface area contributed by atoms with Gasteiger partial charge in [-0.25, -0.2) is 0 Å². The monoisotopic (exact) mass is 422 g/mol. The van der Waals surface area contributed by atoms with Crippen LogP contribution in [0.25, 0.3) is 0 Å². The zero-order chi connectivity index (χ0) is 21.2. The van der Waals surface area contributed by atoms with Gasteiger partial charge in [-0.05, 0) is 42.9 Å². The second kappa shape index (κ2) is 18.3. The molecule has 0 aliphatic rings. The minimum absolute atomic E-state index is 0.792. The summed E-state index contributed by atoms with van der Waals surface area (Å²) in [6.45, 7) is 4.53. The van der Waals surface area contributed by atoms with Gasteiger partial charge in [-0.3, -0.25) is 0 Å². The second-order valence-electron chi connectivity index (χ2n) is 8.65. The van der Waals surface area contributed by atoms with Gasteiger partial charge in [0.05, 0.1) is 0 Å². The third-order valence-electron chi connectivity index (χ3n) is 6.04. The van der Waals surface area contributed by atoms with E-state index in [1.165, 1.54) is 114 Å². The highest BCUT2D eigenvalue weighted by molar-refractivity contribution is 7.54. The van der Waals surface area contributed by atoms with Crippen LogP contribution in [-0.2, 0) is 12.8 Å². The quantitative estimate of drug-likeness (QED) is 0.175. The smallest absolute Gasteiger partial charge is 0.199 e. The zero-order valence-corrected chi connectivity index (χ0v) is 20.2. The van der Waals surface area contributed by atoms with Crippen LogP contribution in [0.15, 0.2) is 18.2 Å². The molecular formula is C26H47O2P. The Morgan fingerprint density at radius 2 is 1.03 bits per heavy atom. The fourth-order valence-electron chi connectivity index (χ4n) is 4.22. The highest BCUT2D eigenvalue weighted by atomic mass is 31.2. The van der Waals surface area contributed by atoms with Gasteiger partial charge in [0.25, 0.3) is 0 Å². The topological polar surface area (TPSA) is 40.5 Å². The predicted molar refractivity (Wildman–Crippen MR) is 130 cm³/mol. The molecule has 0 amide bonds. The second-order valence-corrected chi connectivity index (χ2v) is 9.71. The standard InChI is InChI=1S/C26H47O2P/c1-3-5-7-9-11-13-15-17-20-24-21-19-23-26(29(27)28)25(24)22-18-16-14-12-10-8-6-4-2/h19,21,23,27-28H,3-18,20,22H2,1-2H3. The van der Waals surface area contributed by atoms with Crippen LogP contribution in [0.3, 0.4) is 0 Å². The third-order valence-corrected chi connectivity index (χ3v) is 6.89. The van der Waals surface area contributed by atoms with E-state index in [9.17, 15) is 9.79 Å². The van der Waals surface area contributed by atoms with E-state index < -0.39 is 8.38 Å². The summed E-state index contributed by atoms with van der Waals surface area (Å²) in [6, 6.07) is 6.14. The van der Waals surface area contributed by atoms with Crippen LogP contribution in [-0.4, -0.2) is 9.79 Å². The van der Waals surface area contributed by atoms with Crippen molar-refractivity contribution in [2.75, 3.05) is 0 Å². The third kappa shape index (κ3) is 12.8. The average molecular weight is 423 g/mol. The van der Waals surface area contributed by atoms with Gasteiger partial charge in [-0.15, -0.1) is 0 Å². The number of rotatable bonds is 19. The molecule has 0 unspecified atom stereocenters. The molecule has 29 heavy (non-hydrogen) atoms. The lowest BCUT2D eigenvalue weighted by molar-refractivity contribution is 0.496. The summed E-state index contributed by atoms with van der Waals surface area (Å²) in [5.74, 6) is 0. The first-order valence-corrected chi connectivity index (χ1v) is 13.7. The molecule has 0 spiro atoms. The maximum absolute atomic E-state index is 9.88. The first-order valence-electron chi connectivity index (χ1n) is 12.5. The molecule has 0 radical (unpaired) electrons. The molecule has 1 rings (SSSR count). The van der Waals surface area contributed by atoms with Crippen molar-refractivity contribution in [3.63, 3.8) is 0 Å². The Bertz CT molecular complexity index is 501. The molecule has 0 aromatic heterocycles. The molecule has 2 N–H and O–H groups in total. The van der Waals surface area contributed by atoms with Gasteiger partial charge in [-0.1, -0.05) is 116 Å². The highest BCUT2D eigenvalue weighted by Crippen LogP contribution is 2.28. The SMILES string of the molecule is CCCCCCCCCCc1cccc(P(O)O)c1CCCCCCCCCC. The van der Waals surface area contributed by atoms with E-state index in [-0.39, 0.29) is 0 Å². The van der Waals surface area contributed by atoms with E-state index in [0.29, 0.717) is 0 Å². The molecule has 3 heteroatoms.